The van der Waals surface area contributed by atoms with Crippen LogP contribution in [0.3, 0.4) is 0 Å². The second-order valence-corrected chi connectivity index (χ2v) is 7.35. The maximum absolute atomic E-state index is 13.4. The van der Waals surface area contributed by atoms with Gasteiger partial charge in [-0.1, -0.05) is 24.3 Å². The van der Waals surface area contributed by atoms with Crippen molar-refractivity contribution in [3.05, 3.63) is 90.1 Å². The largest absolute Gasteiger partial charge is 0.354 e. The molecule has 154 valence electrons. The first-order valence-electron chi connectivity index (χ1n) is 10.1. The van der Waals surface area contributed by atoms with E-state index in [2.05, 4.69) is 20.5 Å². The Labute approximate surface area is 177 Å². The maximum Gasteiger partial charge on any atom is 0.220 e. The molecule has 5 rings (SSSR count). The fraction of sp³-hybridized carbons (Fsp3) is 0.125. The summed E-state index contributed by atoms with van der Waals surface area (Å²) in [6.45, 7) is 0.308. The van der Waals surface area contributed by atoms with Crippen LogP contribution in [0.2, 0.25) is 0 Å². The van der Waals surface area contributed by atoms with Crippen molar-refractivity contribution in [2.75, 3.05) is 0 Å². The van der Waals surface area contributed by atoms with Gasteiger partial charge in [0.2, 0.25) is 5.91 Å². The normalized spacial score (nSPS) is 11.3. The third-order valence-electron chi connectivity index (χ3n) is 5.38. The molecule has 31 heavy (non-hydrogen) atoms. The number of pyridine rings is 1. The molecule has 0 aliphatic rings. The molecule has 0 radical (unpaired) electrons. The highest BCUT2D eigenvalue weighted by Gasteiger charge is 2.15. The lowest BCUT2D eigenvalue weighted by atomic mass is 10.0. The van der Waals surface area contributed by atoms with Gasteiger partial charge in [0, 0.05) is 29.2 Å². The second kappa shape index (κ2) is 8.02. The van der Waals surface area contributed by atoms with E-state index in [0.29, 0.717) is 25.2 Å². The highest BCUT2D eigenvalue weighted by Crippen LogP contribution is 2.31. The Kier molecular flexibility index (Phi) is 4.92. The SMILES string of the molecule is O=C(CCc1c(-c2ccc(F)cc2)[nH]c2ccccc12)NCc1nnc2ccccn12. The van der Waals surface area contributed by atoms with Gasteiger partial charge >= 0.3 is 0 Å². The number of nitrogens with one attached hydrogen (secondary N) is 2. The molecule has 3 aromatic heterocycles. The molecule has 1 amide bonds. The van der Waals surface area contributed by atoms with Crippen LogP contribution in [0, 0.1) is 5.82 Å². The van der Waals surface area contributed by atoms with E-state index >= 15 is 0 Å². The average Bonchev–Trinajstić information content (AvgIpc) is 3.38. The summed E-state index contributed by atoms with van der Waals surface area (Å²) >= 11 is 0. The van der Waals surface area contributed by atoms with Gasteiger partial charge in [-0.3, -0.25) is 9.20 Å². The van der Waals surface area contributed by atoms with Crippen molar-refractivity contribution in [3.63, 3.8) is 0 Å². The molecule has 5 aromatic rings. The smallest absolute Gasteiger partial charge is 0.220 e. The molecule has 0 aliphatic heterocycles. The Balaban J connectivity index is 1.33. The summed E-state index contributed by atoms with van der Waals surface area (Å²) in [5.41, 5.74) is 4.59. The van der Waals surface area contributed by atoms with Gasteiger partial charge < -0.3 is 10.3 Å². The molecule has 2 aromatic carbocycles. The fourth-order valence-corrected chi connectivity index (χ4v) is 3.84. The summed E-state index contributed by atoms with van der Waals surface area (Å²) in [7, 11) is 0. The topological polar surface area (TPSA) is 75.1 Å². The number of carbonyl (C=O) groups is 1. The molecule has 0 saturated carbocycles. The molecule has 7 heteroatoms. The van der Waals surface area contributed by atoms with E-state index in [-0.39, 0.29) is 11.7 Å². The van der Waals surface area contributed by atoms with Crippen LogP contribution in [-0.4, -0.2) is 25.5 Å². The number of para-hydroxylation sites is 1. The average molecular weight is 413 g/mol. The number of halogens is 1. The molecule has 0 aliphatic carbocycles. The molecule has 0 atom stereocenters. The molecule has 0 saturated heterocycles. The lowest BCUT2D eigenvalue weighted by Crippen LogP contribution is -2.24. The van der Waals surface area contributed by atoms with Crippen LogP contribution in [0.4, 0.5) is 4.39 Å². The van der Waals surface area contributed by atoms with Crippen molar-refractivity contribution in [3.8, 4) is 11.3 Å². The number of aromatic nitrogens is 4. The van der Waals surface area contributed by atoms with Crippen LogP contribution in [0.5, 0.6) is 0 Å². The molecular weight excluding hydrogens is 393 g/mol. The first-order chi connectivity index (χ1) is 15.2. The van der Waals surface area contributed by atoms with Gasteiger partial charge in [0.25, 0.3) is 0 Å². The van der Waals surface area contributed by atoms with E-state index in [1.54, 1.807) is 12.1 Å². The minimum Gasteiger partial charge on any atom is -0.354 e. The van der Waals surface area contributed by atoms with E-state index < -0.39 is 0 Å². The molecule has 2 N–H and O–H groups in total. The van der Waals surface area contributed by atoms with Crippen molar-refractivity contribution in [1.29, 1.82) is 0 Å². The number of carbonyl (C=O) groups excluding carboxylic acids is 1. The summed E-state index contributed by atoms with van der Waals surface area (Å²) in [5, 5.41) is 12.2. The van der Waals surface area contributed by atoms with Crippen LogP contribution in [0.1, 0.15) is 17.8 Å². The Morgan fingerprint density at radius 1 is 1.00 bits per heavy atom. The van der Waals surface area contributed by atoms with Crippen molar-refractivity contribution in [2.45, 2.75) is 19.4 Å². The fourth-order valence-electron chi connectivity index (χ4n) is 3.84. The monoisotopic (exact) mass is 413 g/mol. The molecule has 6 nitrogen and oxygen atoms in total. The van der Waals surface area contributed by atoms with Crippen LogP contribution < -0.4 is 5.32 Å². The van der Waals surface area contributed by atoms with E-state index in [1.165, 1.54) is 12.1 Å². The van der Waals surface area contributed by atoms with E-state index in [1.807, 2.05) is 53.1 Å². The van der Waals surface area contributed by atoms with Gasteiger partial charge in [0.05, 0.1) is 6.54 Å². The number of H-pyrrole nitrogens is 1. The van der Waals surface area contributed by atoms with Gasteiger partial charge in [0.15, 0.2) is 11.5 Å². The quantitative estimate of drug-likeness (QED) is 0.437. The lowest BCUT2D eigenvalue weighted by Gasteiger charge is -2.07. The third-order valence-corrected chi connectivity index (χ3v) is 5.38. The number of rotatable bonds is 6. The van der Waals surface area contributed by atoms with Gasteiger partial charge in [-0.15, -0.1) is 10.2 Å². The Hall–Kier alpha value is -4.00. The van der Waals surface area contributed by atoms with Gasteiger partial charge in [-0.2, -0.15) is 0 Å². The Morgan fingerprint density at radius 2 is 1.81 bits per heavy atom. The third kappa shape index (κ3) is 3.77. The maximum atomic E-state index is 13.4. The highest BCUT2D eigenvalue weighted by atomic mass is 19.1. The summed E-state index contributed by atoms with van der Waals surface area (Å²) in [6.07, 6.45) is 2.76. The lowest BCUT2D eigenvalue weighted by molar-refractivity contribution is -0.121. The van der Waals surface area contributed by atoms with Crippen LogP contribution >= 0.6 is 0 Å². The molecule has 0 fully saturated rings. The number of nitrogens with zero attached hydrogens (tertiary/aromatic N) is 3. The van der Waals surface area contributed by atoms with Gasteiger partial charge in [-0.25, -0.2) is 4.39 Å². The zero-order valence-electron chi connectivity index (χ0n) is 16.7. The molecule has 0 unspecified atom stereocenters. The van der Waals surface area contributed by atoms with Gasteiger partial charge in [-0.05, 0) is 60.0 Å². The predicted molar refractivity (Wildman–Crippen MR) is 117 cm³/mol. The van der Waals surface area contributed by atoms with Crippen molar-refractivity contribution in [1.82, 2.24) is 24.9 Å². The minimum atomic E-state index is -0.276. The first-order valence-corrected chi connectivity index (χ1v) is 10.1. The number of hydrogen-bond acceptors (Lipinski definition) is 3. The number of hydrogen-bond donors (Lipinski definition) is 2. The number of amides is 1. The summed E-state index contributed by atoms with van der Waals surface area (Å²) in [4.78, 5) is 16.0. The minimum absolute atomic E-state index is 0.0666. The van der Waals surface area contributed by atoms with Crippen molar-refractivity contribution in [2.24, 2.45) is 0 Å². The first kappa shape index (κ1) is 19.0. The van der Waals surface area contributed by atoms with Crippen LogP contribution in [0.15, 0.2) is 72.9 Å². The predicted octanol–water partition coefficient (Wildman–Crippen LogP) is 4.27. The molecule has 0 spiro atoms. The standard InChI is InChI=1S/C24H20FN5O/c25-17-10-8-16(9-11-17)24-19(18-5-1-2-6-20(18)27-24)12-13-23(31)26-15-22-29-28-21-7-3-4-14-30(21)22/h1-11,14,27H,12-13,15H2,(H,26,31). The van der Waals surface area contributed by atoms with E-state index in [4.69, 9.17) is 0 Å². The molecular formula is C24H20FN5O. The van der Waals surface area contributed by atoms with E-state index in [9.17, 15) is 9.18 Å². The Morgan fingerprint density at radius 3 is 2.68 bits per heavy atom. The number of aryl methyl sites for hydroxylation is 1. The zero-order valence-corrected chi connectivity index (χ0v) is 16.7. The molecule has 0 bridgehead atoms. The summed E-state index contributed by atoms with van der Waals surface area (Å²) < 4.78 is 15.2. The van der Waals surface area contributed by atoms with Crippen LogP contribution in [-0.2, 0) is 17.8 Å². The number of fused-ring (bicyclic) bond motifs is 2. The second-order valence-electron chi connectivity index (χ2n) is 7.35. The summed E-state index contributed by atoms with van der Waals surface area (Å²) in [5.74, 6) is 0.341. The van der Waals surface area contributed by atoms with E-state index in [0.717, 1.165) is 33.4 Å². The Bertz CT molecular complexity index is 1370. The summed E-state index contributed by atoms with van der Waals surface area (Å²) in [6, 6.07) is 20.0. The highest BCUT2D eigenvalue weighted by molar-refractivity contribution is 5.91. The van der Waals surface area contributed by atoms with Gasteiger partial charge in [0.1, 0.15) is 5.82 Å². The molecule has 3 heterocycles. The van der Waals surface area contributed by atoms with Crippen LogP contribution in [0.25, 0.3) is 27.8 Å². The number of aromatic amines is 1. The van der Waals surface area contributed by atoms with Crippen molar-refractivity contribution >= 4 is 22.5 Å². The zero-order chi connectivity index (χ0) is 21.2. The number of benzene rings is 2. The van der Waals surface area contributed by atoms with Crippen molar-refractivity contribution < 1.29 is 9.18 Å².